The minimum Gasteiger partial charge on any atom is -0.348 e. The van der Waals surface area contributed by atoms with E-state index in [9.17, 15) is 4.79 Å². The first-order valence-corrected chi connectivity index (χ1v) is 7.14. The molecule has 1 heterocycles. The van der Waals surface area contributed by atoms with Crippen LogP contribution in [0.5, 0.6) is 0 Å². The summed E-state index contributed by atoms with van der Waals surface area (Å²) >= 11 is 3.45. The SMILES string of the molecule is C=CCNC(=O)c1cnc(Nc2ccc(Br)c(C)c2)nc1. The largest absolute Gasteiger partial charge is 0.348 e. The molecule has 0 atom stereocenters. The second kappa shape index (κ2) is 6.99. The summed E-state index contributed by atoms with van der Waals surface area (Å²) in [5.41, 5.74) is 2.41. The first-order chi connectivity index (χ1) is 10.1. The number of carbonyl (C=O) groups is 1. The van der Waals surface area contributed by atoms with Crippen LogP contribution < -0.4 is 10.6 Å². The lowest BCUT2D eigenvalue weighted by Gasteiger charge is -2.07. The summed E-state index contributed by atoms with van der Waals surface area (Å²) in [4.78, 5) is 20.0. The summed E-state index contributed by atoms with van der Waals surface area (Å²) in [6.45, 7) is 5.96. The number of aromatic nitrogens is 2. The Bertz CT molecular complexity index is 655. The smallest absolute Gasteiger partial charge is 0.254 e. The Balaban J connectivity index is 2.06. The Morgan fingerprint density at radius 3 is 2.71 bits per heavy atom. The highest BCUT2D eigenvalue weighted by molar-refractivity contribution is 9.10. The van der Waals surface area contributed by atoms with Gasteiger partial charge in [-0.1, -0.05) is 22.0 Å². The van der Waals surface area contributed by atoms with Crippen molar-refractivity contribution < 1.29 is 4.79 Å². The van der Waals surface area contributed by atoms with Crippen molar-refractivity contribution in [3.05, 3.63) is 58.8 Å². The number of benzene rings is 1. The number of halogens is 1. The predicted octanol–water partition coefficient (Wildman–Crippen LogP) is 3.21. The fourth-order valence-corrected chi connectivity index (χ4v) is 1.87. The molecule has 2 rings (SSSR count). The second-order valence-electron chi connectivity index (χ2n) is 4.38. The highest BCUT2D eigenvalue weighted by Gasteiger charge is 2.06. The minimum absolute atomic E-state index is 0.221. The zero-order valence-corrected chi connectivity index (χ0v) is 13.1. The second-order valence-corrected chi connectivity index (χ2v) is 5.24. The molecule has 0 spiro atoms. The van der Waals surface area contributed by atoms with E-state index in [4.69, 9.17) is 0 Å². The van der Waals surface area contributed by atoms with Crippen molar-refractivity contribution >= 4 is 33.5 Å². The van der Waals surface area contributed by atoms with Gasteiger partial charge in [0.25, 0.3) is 5.91 Å². The monoisotopic (exact) mass is 346 g/mol. The lowest BCUT2D eigenvalue weighted by atomic mass is 10.2. The molecular weight excluding hydrogens is 332 g/mol. The highest BCUT2D eigenvalue weighted by Crippen LogP contribution is 2.21. The molecule has 0 radical (unpaired) electrons. The average molecular weight is 347 g/mol. The third-order valence-corrected chi connectivity index (χ3v) is 3.62. The molecule has 0 saturated carbocycles. The molecule has 1 amide bonds. The van der Waals surface area contributed by atoms with Crippen molar-refractivity contribution in [3.63, 3.8) is 0 Å². The van der Waals surface area contributed by atoms with Crippen LogP contribution in [-0.2, 0) is 0 Å². The number of aryl methyl sites for hydroxylation is 1. The third-order valence-electron chi connectivity index (χ3n) is 2.74. The number of carbonyl (C=O) groups excluding carboxylic acids is 1. The number of rotatable bonds is 5. The first kappa shape index (κ1) is 15.2. The van der Waals surface area contributed by atoms with E-state index in [-0.39, 0.29) is 5.91 Å². The van der Waals surface area contributed by atoms with Crippen LogP contribution in [0.15, 0.2) is 47.7 Å². The topological polar surface area (TPSA) is 66.9 Å². The Labute approximate surface area is 131 Å². The number of nitrogens with zero attached hydrogens (tertiary/aromatic N) is 2. The van der Waals surface area contributed by atoms with Gasteiger partial charge in [0.2, 0.25) is 5.95 Å². The maximum absolute atomic E-state index is 11.7. The van der Waals surface area contributed by atoms with Crippen LogP contribution in [0.2, 0.25) is 0 Å². The molecule has 0 saturated heterocycles. The van der Waals surface area contributed by atoms with Gasteiger partial charge in [-0.2, -0.15) is 0 Å². The molecule has 5 nitrogen and oxygen atoms in total. The molecule has 6 heteroatoms. The van der Waals surface area contributed by atoms with E-state index in [1.807, 2.05) is 25.1 Å². The van der Waals surface area contributed by atoms with E-state index < -0.39 is 0 Å². The lowest BCUT2D eigenvalue weighted by molar-refractivity contribution is 0.0957. The summed E-state index contributed by atoms with van der Waals surface area (Å²) < 4.78 is 1.04. The molecule has 1 aromatic carbocycles. The Hall–Kier alpha value is -2.21. The summed E-state index contributed by atoms with van der Waals surface area (Å²) in [6.07, 6.45) is 4.59. The number of anilines is 2. The van der Waals surface area contributed by atoms with Crippen molar-refractivity contribution in [2.75, 3.05) is 11.9 Å². The molecule has 2 aromatic rings. The van der Waals surface area contributed by atoms with E-state index in [2.05, 4.69) is 43.1 Å². The van der Waals surface area contributed by atoms with E-state index >= 15 is 0 Å². The third kappa shape index (κ3) is 4.13. The molecule has 2 N–H and O–H groups in total. The van der Waals surface area contributed by atoms with Crippen molar-refractivity contribution in [1.82, 2.24) is 15.3 Å². The van der Waals surface area contributed by atoms with E-state index in [1.165, 1.54) is 12.4 Å². The van der Waals surface area contributed by atoms with Crippen LogP contribution in [-0.4, -0.2) is 22.4 Å². The molecule has 108 valence electrons. The molecule has 0 fully saturated rings. The summed E-state index contributed by atoms with van der Waals surface area (Å²) in [5.74, 6) is 0.220. The fraction of sp³-hybridized carbons (Fsp3) is 0.133. The number of nitrogens with one attached hydrogen (secondary N) is 2. The van der Waals surface area contributed by atoms with Gasteiger partial charge < -0.3 is 10.6 Å². The van der Waals surface area contributed by atoms with Gasteiger partial charge in [0, 0.05) is 29.1 Å². The number of amides is 1. The maximum Gasteiger partial charge on any atom is 0.254 e. The first-order valence-electron chi connectivity index (χ1n) is 6.34. The van der Waals surface area contributed by atoms with Crippen molar-refractivity contribution in [3.8, 4) is 0 Å². The van der Waals surface area contributed by atoms with Gasteiger partial charge in [0.15, 0.2) is 0 Å². The lowest BCUT2D eigenvalue weighted by Crippen LogP contribution is -2.23. The van der Waals surface area contributed by atoms with Crippen LogP contribution in [0, 0.1) is 6.92 Å². The quantitative estimate of drug-likeness (QED) is 0.815. The zero-order valence-electron chi connectivity index (χ0n) is 11.6. The standard InChI is InChI=1S/C15H15BrN4O/c1-3-6-17-14(21)11-8-18-15(19-9-11)20-12-4-5-13(16)10(2)7-12/h3-5,7-9H,1,6H2,2H3,(H,17,21)(H,18,19,20). The fourth-order valence-electron chi connectivity index (χ4n) is 1.63. The number of hydrogen-bond acceptors (Lipinski definition) is 4. The molecule has 0 aliphatic carbocycles. The van der Waals surface area contributed by atoms with Crippen molar-refractivity contribution in [1.29, 1.82) is 0 Å². The van der Waals surface area contributed by atoms with E-state index in [1.54, 1.807) is 6.08 Å². The van der Waals surface area contributed by atoms with Gasteiger partial charge in [-0.3, -0.25) is 4.79 Å². The molecular formula is C15H15BrN4O. The average Bonchev–Trinajstić information content (AvgIpc) is 2.49. The summed E-state index contributed by atoms with van der Waals surface area (Å²) in [5, 5.41) is 5.76. The Morgan fingerprint density at radius 2 is 2.10 bits per heavy atom. The molecule has 21 heavy (non-hydrogen) atoms. The minimum atomic E-state index is -0.221. The molecule has 0 unspecified atom stereocenters. The van der Waals surface area contributed by atoms with Gasteiger partial charge in [-0.15, -0.1) is 6.58 Å². The van der Waals surface area contributed by atoms with Gasteiger partial charge in [0.05, 0.1) is 5.56 Å². The molecule has 0 aliphatic heterocycles. The van der Waals surface area contributed by atoms with Gasteiger partial charge in [0.1, 0.15) is 0 Å². The van der Waals surface area contributed by atoms with Gasteiger partial charge in [-0.25, -0.2) is 9.97 Å². The zero-order chi connectivity index (χ0) is 15.2. The van der Waals surface area contributed by atoms with Gasteiger partial charge >= 0.3 is 0 Å². The Kier molecular flexibility index (Phi) is 5.05. The van der Waals surface area contributed by atoms with Crippen molar-refractivity contribution in [2.24, 2.45) is 0 Å². The normalized spacial score (nSPS) is 10.0. The number of hydrogen-bond donors (Lipinski definition) is 2. The van der Waals surface area contributed by atoms with E-state index in [0.29, 0.717) is 18.1 Å². The summed E-state index contributed by atoms with van der Waals surface area (Å²) in [6, 6.07) is 5.86. The van der Waals surface area contributed by atoms with Crippen LogP contribution >= 0.6 is 15.9 Å². The van der Waals surface area contributed by atoms with E-state index in [0.717, 1.165) is 15.7 Å². The molecule has 0 aliphatic rings. The molecule has 0 bridgehead atoms. The van der Waals surface area contributed by atoms with Gasteiger partial charge in [-0.05, 0) is 30.7 Å². The van der Waals surface area contributed by atoms with Crippen LogP contribution in [0.25, 0.3) is 0 Å². The van der Waals surface area contributed by atoms with Crippen LogP contribution in [0.1, 0.15) is 15.9 Å². The summed E-state index contributed by atoms with van der Waals surface area (Å²) in [7, 11) is 0. The maximum atomic E-state index is 11.7. The highest BCUT2D eigenvalue weighted by atomic mass is 79.9. The molecule has 1 aromatic heterocycles. The van der Waals surface area contributed by atoms with Crippen LogP contribution in [0.4, 0.5) is 11.6 Å². The predicted molar refractivity (Wildman–Crippen MR) is 86.7 cm³/mol. The Morgan fingerprint density at radius 1 is 1.38 bits per heavy atom. The van der Waals surface area contributed by atoms with Crippen LogP contribution in [0.3, 0.4) is 0 Å². The van der Waals surface area contributed by atoms with Crippen molar-refractivity contribution in [2.45, 2.75) is 6.92 Å².